The highest BCUT2D eigenvalue weighted by atomic mass is 32.1. The predicted molar refractivity (Wildman–Crippen MR) is 93.2 cm³/mol. The lowest BCUT2D eigenvalue weighted by Crippen LogP contribution is -2.33. The lowest BCUT2D eigenvalue weighted by molar-refractivity contribution is 0.491. The van der Waals surface area contributed by atoms with Crippen LogP contribution in [0.5, 0.6) is 0 Å². The van der Waals surface area contributed by atoms with Gasteiger partial charge in [-0.05, 0) is 37.6 Å². The number of hydrogen-bond acceptors (Lipinski definition) is 4. The number of aromatic nitrogens is 1. The molecule has 1 N–H and O–H groups in total. The Labute approximate surface area is 134 Å². The highest BCUT2D eigenvalue weighted by Crippen LogP contribution is 2.34. The van der Waals surface area contributed by atoms with Gasteiger partial charge in [-0.3, -0.25) is 0 Å². The van der Waals surface area contributed by atoms with Crippen molar-refractivity contribution >= 4 is 16.5 Å². The largest absolute Gasteiger partial charge is 0.345 e. The monoisotopic (exact) mass is 309 g/mol. The van der Waals surface area contributed by atoms with E-state index in [1.165, 1.54) is 35.1 Å². The molecule has 0 aromatic carbocycles. The summed E-state index contributed by atoms with van der Waals surface area (Å²) in [5.74, 6) is 1.41. The van der Waals surface area contributed by atoms with Gasteiger partial charge in [0.2, 0.25) is 0 Å². The van der Waals surface area contributed by atoms with E-state index < -0.39 is 0 Å². The third-order valence-corrected chi connectivity index (χ3v) is 5.39. The van der Waals surface area contributed by atoms with Gasteiger partial charge in [0.05, 0.1) is 5.69 Å². The average Bonchev–Trinajstić information content (AvgIpc) is 3.03. The fraction of sp³-hybridized carbons (Fsp3) is 0.824. The van der Waals surface area contributed by atoms with Crippen LogP contribution in [0.2, 0.25) is 0 Å². The number of hydrogen-bond donors (Lipinski definition) is 1. The van der Waals surface area contributed by atoms with Crippen LogP contribution in [-0.4, -0.2) is 24.1 Å². The van der Waals surface area contributed by atoms with Gasteiger partial charge in [-0.2, -0.15) is 0 Å². The van der Waals surface area contributed by atoms with Gasteiger partial charge in [0, 0.05) is 24.0 Å². The van der Waals surface area contributed by atoms with Crippen molar-refractivity contribution in [2.24, 2.45) is 11.8 Å². The Balaban J connectivity index is 2.08. The van der Waals surface area contributed by atoms with Crippen molar-refractivity contribution < 1.29 is 0 Å². The molecule has 2 heterocycles. The Bertz CT molecular complexity index is 439. The van der Waals surface area contributed by atoms with Crippen molar-refractivity contribution in [2.75, 3.05) is 18.0 Å². The molecular weight excluding hydrogens is 278 g/mol. The minimum absolute atomic E-state index is 0.678. The Kier molecular flexibility index (Phi) is 6.06. The molecule has 3 nitrogen and oxygen atoms in total. The molecule has 2 rings (SSSR count). The summed E-state index contributed by atoms with van der Waals surface area (Å²) in [5, 5.41) is 4.82. The SMILES string of the molecule is CCc1nc(N2CCCC2C(C)C)sc1CNCC(C)C. The Morgan fingerprint density at radius 1 is 1.33 bits per heavy atom. The second-order valence-electron chi connectivity index (χ2n) is 6.89. The standard InChI is InChI=1S/C17H31N3S/c1-6-14-16(11-18-10-12(2)3)21-17(19-14)20-9-7-8-15(20)13(4)5/h12-13,15,18H,6-11H2,1-5H3. The molecule has 0 aliphatic carbocycles. The van der Waals surface area contributed by atoms with Gasteiger partial charge in [0.15, 0.2) is 5.13 Å². The van der Waals surface area contributed by atoms with Gasteiger partial charge in [0.25, 0.3) is 0 Å². The van der Waals surface area contributed by atoms with Gasteiger partial charge in [-0.25, -0.2) is 4.98 Å². The molecule has 0 amide bonds. The molecular formula is C17H31N3S. The molecule has 1 saturated heterocycles. The van der Waals surface area contributed by atoms with Crippen molar-refractivity contribution in [1.82, 2.24) is 10.3 Å². The summed E-state index contributed by atoms with van der Waals surface area (Å²) in [6.07, 6.45) is 3.67. The van der Waals surface area contributed by atoms with E-state index in [-0.39, 0.29) is 0 Å². The zero-order valence-electron chi connectivity index (χ0n) is 14.3. The zero-order chi connectivity index (χ0) is 15.4. The van der Waals surface area contributed by atoms with Gasteiger partial charge in [-0.1, -0.05) is 34.6 Å². The molecule has 1 unspecified atom stereocenters. The van der Waals surface area contributed by atoms with Crippen LogP contribution in [0.1, 0.15) is 58.0 Å². The molecule has 4 heteroatoms. The zero-order valence-corrected chi connectivity index (χ0v) is 15.1. The van der Waals surface area contributed by atoms with Crippen LogP contribution in [0.3, 0.4) is 0 Å². The predicted octanol–water partition coefficient (Wildman–Crippen LogP) is 4.08. The van der Waals surface area contributed by atoms with E-state index >= 15 is 0 Å². The van der Waals surface area contributed by atoms with Crippen molar-refractivity contribution in [2.45, 2.75) is 66.5 Å². The number of aryl methyl sites for hydroxylation is 1. The second-order valence-corrected chi connectivity index (χ2v) is 7.95. The molecule has 0 bridgehead atoms. The van der Waals surface area contributed by atoms with E-state index in [9.17, 15) is 0 Å². The number of rotatable bonds is 7. The first-order valence-electron chi connectivity index (χ1n) is 8.48. The highest BCUT2D eigenvalue weighted by Gasteiger charge is 2.29. The summed E-state index contributed by atoms with van der Waals surface area (Å²) in [6, 6.07) is 0.678. The smallest absolute Gasteiger partial charge is 0.186 e. The van der Waals surface area contributed by atoms with Crippen molar-refractivity contribution in [3.63, 3.8) is 0 Å². The molecule has 1 atom stereocenters. The molecule has 120 valence electrons. The van der Waals surface area contributed by atoms with Crippen molar-refractivity contribution in [3.8, 4) is 0 Å². The van der Waals surface area contributed by atoms with Crippen LogP contribution in [-0.2, 0) is 13.0 Å². The number of nitrogens with one attached hydrogen (secondary N) is 1. The molecule has 0 spiro atoms. The first kappa shape index (κ1) is 16.8. The highest BCUT2D eigenvalue weighted by molar-refractivity contribution is 7.15. The Morgan fingerprint density at radius 2 is 2.10 bits per heavy atom. The Hall–Kier alpha value is -0.610. The quantitative estimate of drug-likeness (QED) is 0.822. The van der Waals surface area contributed by atoms with Crippen LogP contribution >= 0.6 is 11.3 Å². The van der Waals surface area contributed by atoms with Crippen LogP contribution in [0.15, 0.2) is 0 Å². The van der Waals surface area contributed by atoms with Gasteiger partial charge in [-0.15, -0.1) is 11.3 Å². The summed E-state index contributed by atoms with van der Waals surface area (Å²) in [6.45, 7) is 14.6. The molecule has 1 aliphatic rings. The Morgan fingerprint density at radius 3 is 2.71 bits per heavy atom. The minimum atomic E-state index is 0.678. The van der Waals surface area contributed by atoms with Gasteiger partial charge in [0.1, 0.15) is 0 Å². The normalized spacial score (nSPS) is 19.2. The molecule has 1 aromatic heterocycles. The maximum absolute atomic E-state index is 4.95. The minimum Gasteiger partial charge on any atom is -0.345 e. The van der Waals surface area contributed by atoms with Crippen LogP contribution in [0, 0.1) is 11.8 Å². The summed E-state index contributed by atoms with van der Waals surface area (Å²) in [7, 11) is 0. The molecule has 1 aliphatic heterocycles. The van der Waals surface area contributed by atoms with Crippen molar-refractivity contribution in [3.05, 3.63) is 10.6 Å². The van der Waals surface area contributed by atoms with Crippen molar-refractivity contribution in [1.29, 1.82) is 0 Å². The van der Waals surface area contributed by atoms with E-state index in [0.717, 1.165) is 19.5 Å². The van der Waals surface area contributed by atoms with Crippen LogP contribution in [0.4, 0.5) is 5.13 Å². The van der Waals surface area contributed by atoms with Gasteiger partial charge >= 0.3 is 0 Å². The van der Waals surface area contributed by atoms with E-state index in [0.29, 0.717) is 17.9 Å². The third-order valence-electron chi connectivity index (χ3n) is 4.25. The van der Waals surface area contributed by atoms with E-state index in [1.54, 1.807) is 0 Å². The molecule has 0 saturated carbocycles. The fourth-order valence-electron chi connectivity index (χ4n) is 3.10. The maximum atomic E-state index is 4.95. The molecule has 1 aromatic rings. The summed E-state index contributed by atoms with van der Waals surface area (Å²) in [4.78, 5) is 8.93. The first-order chi connectivity index (χ1) is 10.0. The summed E-state index contributed by atoms with van der Waals surface area (Å²) < 4.78 is 0. The fourth-order valence-corrected chi connectivity index (χ4v) is 4.31. The van der Waals surface area contributed by atoms with E-state index in [4.69, 9.17) is 4.98 Å². The van der Waals surface area contributed by atoms with E-state index in [1.807, 2.05) is 11.3 Å². The third kappa shape index (κ3) is 4.19. The first-order valence-corrected chi connectivity index (χ1v) is 9.30. The summed E-state index contributed by atoms with van der Waals surface area (Å²) in [5.41, 5.74) is 1.29. The topological polar surface area (TPSA) is 28.2 Å². The second kappa shape index (κ2) is 7.59. The molecule has 1 fully saturated rings. The van der Waals surface area contributed by atoms with Crippen LogP contribution < -0.4 is 10.2 Å². The molecule has 21 heavy (non-hydrogen) atoms. The number of thiazole rings is 1. The number of anilines is 1. The number of nitrogens with zero attached hydrogens (tertiary/aromatic N) is 2. The van der Waals surface area contributed by atoms with Crippen LogP contribution in [0.25, 0.3) is 0 Å². The molecule has 0 radical (unpaired) electrons. The maximum Gasteiger partial charge on any atom is 0.186 e. The lowest BCUT2D eigenvalue weighted by atomic mass is 10.0. The van der Waals surface area contributed by atoms with Gasteiger partial charge < -0.3 is 10.2 Å². The van der Waals surface area contributed by atoms with E-state index in [2.05, 4.69) is 44.8 Å². The summed E-state index contributed by atoms with van der Waals surface area (Å²) >= 11 is 1.91. The average molecular weight is 310 g/mol. The lowest BCUT2D eigenvalue weighted by Gasteiger charge is -2.27.